The molecule has 5 heteroatoms. The highest BCUT2D eigenvalue weighted by atomic mass is 16.5. The van der Waals surface area contributed by atoms with E-state index in [0.717, 1.165) is 28.5 Å². The van der Waals surface area contributed by atoms with Gasteiger partial charge in [-0.25, -0.2) is 4.98 Å². The van der Waals surface area contributed by atoms with Gasteiger partial charge < -0.3 is 10.1 Å². The summed E-state index contributed by atoms with van der Waals surface area (Å²) in [6, 6.07) is 17.6. The lowest BCUT2D eigenvalue weighted by Crippen LogP contribution is -2.25. The molecule has 0 saturated carbocycles. The first-order valence-electron chi connectivity index (χ1n) is 7.83. The maximum absolute atomic E-state index is 12.3. The third-order valence-corrected chi connectivity index (χ3v) is 4.32. The number of methoxy groups -OCH3 is 1. The Morgan fingerprint density at radius 1 is 1.12 bits per heavy atom. The van der Waals surface area contributed by atoms with Crippen LogP contribution in [0.3, 0.4) is 0 Å². The Kier molecular flexibility index (Phi) is 3.54. The molecule has 1 aliphatic rings. The molecule has 1 aromatic heterocycles. The van der Waals surface area contributed by atoms with Crippen molar-refractivity contribution in [3.05, 3.63) is 72.2 Å². The molecule has 1 atom stereocenters. The lowest BCUT2D eigenvalue weighted by Gasteiger charge is -2.24. The Labute approximate surface area is 139 Å². The highest BCUT2D eigenvalue weighted by Crippen LogP contribution is 2.40. The van der Waals surface area contributed by atoms with Gasteiger partial charge in [-0.1, -0.05) is 36.4 Å². The number of hydrogen-bond donors (Lipinski definition) is 1. The number of fused-ring (bicyclic) bond motifs is 1. The predicted octanol–water partition coefficient (Wildman–Crippen LogP) is 3.36. The monoisotopic (exact) mass is 319 g/mol. The molecule has 0 spiro atoms. The standard InChI is InChI=1S/C19H17N3O2/c1-24-16-10-6-5-9-14(16)15-11-17(23)21-19-18(15)20-12-22(19)13-7-3-2-4-8-13/h2-10,12,15H,11H2,1H3,(H,21,23)/t15-/m1/s1. The number of ether oxygens (including phenoxy) is 1. The Bertz CT molecular complexity index is 887. The largest absolute Gasteiger partial charge is 0.496 e. The summed E-state index contributed by atoms with van der Waals surface area (Å²) < 4.78 is 7.39. The molecule has 0 saturated heterocycles. The molecule has 0 fully saturated rings. The zero-order valence-corrected chi connectivity index (χ0v) is 13.3. The lowest BCUT2D eigenvalue weighted by atomic mass is 9.89. The van der Waals surface area contributed by atoms with E-state index in [1.54, 1.807) is 13.4 Å². The Hall–Kier alpha value is -3.08. The number of para-hydroxylation sites is 2. The number of nitrogens with one attached hydrogen (secondary N) is 1. The molecule has 2 heterocycles. The highest BCUT2D eigenvalue weighted by molar-refractivity contribution is 5.94. The quantitative estimate of drug-likeness (QED) is 0.805. The van der Waals surface area contributed by atoms with E-state index in [2.05, 4.69) is 10.3 Å². The maximum atomic E-state index is 12.3. The van der Waals surface area contributed by atoms with E-state index in [1.807, 2.05) is 59.2 Å². The first-order chi connectivity index (χ1) is 11.8. The second kappa shape index (κ2) is 5.85. The minimum atomic E-state index is -0.116. The van der Waals surface area contributed by atoms with E-state index < -0.39 is 0 Å². The van der Waals surface area contributed by atoms with Crippen LogP contribution in [-0.2, 0) is 4.79 Å². The van der Waals surface area contributed by atoms with Crippen molar-refractivity contribution in [2.45, 2.75) is 12.3 Å². The second-order valence-electron chi connectivity index (χ2n) is 5.73. The summed E-state index contributed by atoms with van der Waals surface area (Å²) in [4.78, 5) is 16.9. The van der Waals surface area contributed by atoms with Crippen LogP contribution in [0.25, 0.3) is 5.69 Å². The zero-order chi connectivity index (χ0) is 16.5. The molecule has 0 unspecified atom stereocenters. The van der Waals surface area contributed by atoms with Crippen LogP contribution < -0.4 is 10.1 Å². The Balaban J connectivity index is 1.84. The minimum absolute atomic E-state index is 0.0175. The molecule has 0 aliphatic carbocycles. The van der Waals surface area contributed by atoms with Crippen molar-refractivity contribution >= 4 is 11.7 Å². The lowest BCUT2D eigenvalue weighted by molar-refractivity contribution is -0.116. The topological polar surface area (TPSA) is 56.1 Å². The van der Waals surface area contributed by atoms with Gasteiger partial charge in [0, 0.05) is 23.6 Å². The molecule has 2 aromatic carbocycles. The third kappa shape index (κ3) is 2.34. The fourth-order valence-electron chi connectivity index (χ4n) is 3.20. The summed E-state index contributed by atoms with van der Waals surface area (Å²) in [5.41, 5.74) is 2.81. The average molecular weight is 319 g/mol. The fourth-order valence-corrected chi connectivity index (χ4v) is 3.20. The van der Waals surface area contributed by atoms with Gasteiger partial charge in [-0.05, 0) is 18.2 Å². The number of aromatic nitrogens is 2. The summed E-state index contributed by atoms with van der Waals surface area (Å²) >= 11 is 0. The molecular weight excluding hydrogens is 302 g/mol. The summed E-state index contributed by atoms with van der Waals surface area (Å²) in [7, 11) is 1.64. The Morgan fingerprint density at radius 2 is 1.88 bits per heavy atom. The first-order valence-corrected chi connectivity index (χ1v) is 7.83. The van der Waals surface area contributed by atoms with E-state index in [1.165, 1.54) is 0 Å². The number of carbonyl (C=O) groups excluding carboxylic acids is 1. The third-order valence-electron chi connectivity index (χ3n) is 4.32. The van der Waals surface area contributed by atoms with Gasteiger partial charge in [0.15, 0.2) is 0 Å². The van der Waals surface area contributed by atoms with Gasteiger partial charge in [-0.2, -0.15) is 0 Å². The molecule has 120 valence electrons. The molecule has 1 N–H and O–H groups in total. The van der Waals surface area contributed by atoms with Gasteiger partial charge >= 0.3 is 0 Å². The first kappa shape index (κ1) is 14.5. The number of benzene rings is 2. The van der Waals surface area contributed by atoms with Crippen LogP contribution in [0.15, 0.2) is 60.9 Å². The van der Waals surface area contributed by atoms with Gasteiger partial charge in [-0.15, -0.1) is 0 Å². The summed E-state index contributed by atoms with van der Waals surface area (Å²) in [5.74, 6) is 1.37. The van der Waals surface area contributed by atoms with Crippen LogP contribution in [0.1, 0.15) is 23.6 Å². The number of amides is 1. The number of imidazole rings is 1. The predicted molar refractivity (Wildman–Crippen MR) is 91.6 cm³/mol. The van der Waals surface area contributed by atoms with Crippen molar-refractivity contribution in [3.8, 4) is 11.4 Å². The van der Waals surface area contributed by atoms with Gasteiger partial charge in [0.25, 0.3) is 0 Å². The molecule has 4 rings (SSSR count). The molecule has 0 bridgehead atoms. The summed E-state index contributed by atoms with van der Waals surface area (Å²) in [6.45, 7) is 0. The Morgan fingerprint density at radius 3 is 2.67 bits per heavy atom. The number of nitrogens with zero attached hydrogens (tertiary/aromatic N) is 2. The fraction of sp³-hybridized carbons (Fsp3) is 0.158. The average Bonchev–Trinajstić information content (AvgIpc) is 3.05. The van der Waals surface area contributed by atoms with Crippen LogP contribution in [0.2, 0.25) is 0 Å². The smallest absolute Gasteiger partial charge is 0.226 e. The van der Waals surface area contributed by atoms with Gasteiger partial charge in [0.1, 0.15) is 17.9 Å². The highest BCUT2D eigenvalue weighted by Gasteiger charge is 2.32. The van der Waals surface area contributed by atoms with Gasteiger partial charge in [0.2, 0.25) is 5.91 Å². The van der Waals surface area contributed by atoms with E-state index in [-0.39, 0.29) is 11.8 Å². The molecule has 0 radical (unpaired) electrons. The van der Waals surface area contributed by atoms with E-state index >= 15 is 0 Å². The van der Waals surface area contributed by atoms with Crippen LogP contribution in [0.4, 0.5) is 5.82 Å². The molecular formula is C19H17N3O2. The molecule has 24 heavy (non-hydrogen) atoms. The minimum Gasteiger partial charge on any atom is -0.496 e. The summed E-state index contributed by atoms with van der Waals surface area (Å²) in [6.07, 6.45) is 2.12. The van der Waals surface area contributed by atoms with Gasteiger partial charge in [-0.3, -0.25) is 9.36 Å². The number of hydrogen-bond acceptors (Lipinski definition) is 3. The maximum Gasteiger partial charge on any atom is 0.226 e. The summed E-state index contributed by atoms with van der Waals surface area (Å²) in [5, 5.41) is 2.96. The van der Waals surface area contributed by atoms with Crippen molar-refractivity contribution < 1.29 is 9.53 Å². The van der Waals surface area contributed by atoms with Gasteiger partial charge in [0.05, 0.1) is 12.8 Å². The van der Waals surface area contributed by atoms with Crippen LogP contribution >= 0.6 is 0 Å². The zero-order valence-electron chi connectivity index (χ0n) is 13.3. The normalized spacial score (nSPS) is 16.4. The molecule has 1 amide bonds. The molecule has 3 aromatic rings. The van der Waals surface area contributed by atoms with Crippen molar-refractivity contribution in [1.82, 2.24) is 9.55 Å². The van der Waals surface area contributed by atoms with E-state index in [9.17, 15) is 4.79 Å². The number of rotatable bonds is 3. The number of anilines is 1. The van der Waals surface area contributed by atoms with Crippen molar-refractivity contribution in [1.29, 1.82) is 0 Å². The van der Waals surface area contributed by atoms with Crippen molar-refractivity contribution in [2.75, 3.05) is 12.4 Å². The van der Waals surface area contributed by atoms with Crippen LogP contribution in [-0.4, -0.2) is 22.6 Å². The SMILES string of the molecule is COc1ccccc1[C@H]1CC(=O)Nc2c1ncn2-c1ccccc1. The molecule has 5 nitrogen and oxygen atoms in total. The number of carbonyl (C=O) groups is 1. The van der Waals surface area contributed by atoms with E-state index in [4.69, 9.17) is 4.74 Å². The van der Waals surface area contributed by atoms with Crippen LogP contribution in [0.5, 0.6) is 5.75 Å². The van der Waals surface area contributed by atoms with Crippen molar-refractivity contribution in [2.24, 2.45) is 0 Å². The van der Waals surface area contributed by atoms with E-state index in [0.29, 0.717) is 6.42 Å². The molecule has 1 aliphatic heterocycles. The second-order valence-corrected chi connectivity index (χ2v) is 5.73. The van der Waals surface area contributed by atoms with Crippen LogP contribution in [0, 0.1) is 0 Å². The van der Waals surface area contributed by atoms with Crippen molar-refractivity contribution in [3.63, 3.8) is 0 Å².